The highest BCUT2D eigenvalue weighted by atomic mass is 79.9. The van der Waals surface area contributed by atoms with Crippen molar-refractivity contribution in [3.05, 3.63) is 63.9 Å². The lowest BCUT2D eigenvalue weighted by Crippen LogP contribution is -2.48. The molecule has 0 spiro atoms. The van der Waals surface area contributed by atoms with Crippen molar-refractivity contribution in [1.29, 1.82) is 0 Å². The number of amides is 1. The number of aromatic nitrogens is 1. The van der Waals surface area contributed by atoms with Crippen molar-refractivity contribution in [2.24, 2.45) is 0 Å². The van der Waals surface area contributed by atoms with E-state index in [2.05, 4.69) is 26.2 Å². The van der Waals surface area contributed by atoms with Gasteiger partial charge in [-0.3, -0.25) is 9.78 Å². The van der Waals surface area contributed by atoms with E-state index in [1.54, 1.807) is 6.20 Å². The van der Waals surface area contributed by atoms with Crippen LogP contribution in [0.1, 0.15) is 27.5 Å². The van der Waals surface area contributed by atoms with E-state index < -0.39 is 0 Å². The Balaban J connectivity index is 1.90. The van der Waals surface area contributed by atoms with Crippen LogP contribution in [-0.2, 0) is 0 Å². The second-order valence-corrected chi connectivity index (χ2v) is 6.32. The molecule has 1 amide bonds. The van der Waals surface area contributed by atoms with E-state index in [0.717, 1.165) is 28.7 Å². The fourth-order valence-electron chi connectivity index (χ4n) is 2.71. The van der Waals surface area contributed by atoms with Crippen molar-refractivity contribution in [1.82, 2.24) is 15.2 Å². The number of benzene rings is 1. The Hall–Kier alpha value is -1.72. The van der Waals surface area contributed by atoms with Crippen molar-refractivity contribution >= 4 is 21.8 Å². The van der Waals surface area contributed by atoms with Crippen molar-refractivity contribution in [2.75, 3.05) is 19.6 Å². The summed E-state index contributed by atoms with van der Waals surface area (Å²) < 4.78 is 0.964. The first-order valence-corrected chi connectivity index (χ1v) is 8.14. The fraction of sp³-hybridized carbons (Fsp3) is 0.294. The maximum atomic E-state index is 12.9. The minimum Gasteiger partial charge on any atom is -0.329 e. The van der Waals surface area contributed by atoms with E-state index in [0.29, 0.717) is 12.1 Å². The maximum Gasteiger partial charge on any atom is 0.254 e. The molecule has 1 atom stereocenters. The van der Waals surface area contributed by atoms with Gasteiger partial charge in [0.25, 0.3) is 5.91 Å². The molecule has 1 fully saturated rings. The number of rotatable bonds is 2. The van der Waals surface area contributed by atoms with Gasteiger partial charge in [0.05, 0.1) is 6.04 Å². The second-order valence-electron chi connectivity index (χ2n) is 5.47. The first kappa shape index (κ1) is 15.2. The largest absolute Gasteiger partial charge is 0.329 e. The standard InChI is InChI=1S/C17H18BrN3O/c1-12-4-5-13(9-15(12)18)17(22)21-8-7-20-11-16(21)14-3-2-6-19-10-14/h2-6,9-10,16,20H,7-8,11H2,1H3. The number of nitrogens with zero attached hydrogens (tertiary/aromatic N) is 2. The van der Waals surface area contributed by atoms with Crippen LogP contribution in [0.5, 0.6) is 0 Å². The molecular formula is C17H18BrN3O. The topological polar surface area (TPSA) is 45.2 Å². The molecule has 3 rings (SSSR count). The second kappa shape index (κ2) is 6.58. The molecule has 1 unspecified atom stereocenters. The number of carbonyl (C=O) groups is 1. The molecular weight excluding hydrogens is 342 g/mol. The van der Waals surface area contributed by atoms with E-state index in [-0.39, 0.29) is 11.9 Å². The smallest absolute Gasteiger partial charge is 0.254 e. The Kier molecular flexibility index (Phi) is 4.55. The van der Waals surface area contributed by atoms with Gasteiger partial charge in [0.2, 0.25) is 0 Å². The van der Waals surface area contributed by atoms with E-state index in [9.17, 15) is 4.79 Å². The van der Waals surface area contributed by atoms with Crippen LogP contribution in [0.25, 0.3) is 0 Å². The molecule has 2 aromatic rings. The van der Waals surface area contributed by atoms with E-state index in [1.807, 2.05) is 48.4 Å². The van der Waals surface area contributed by atoms with Crippen molar-refractivity contribution in [3.8, 4) is 0 Å². The van der Waals surface area contributed by atoms with Crippen LogP contribution in [0.2, 0.25) is 0 Å². The van der Waals surface area contributed by atoms with Crippen LogP contribution in [0, 0.1) is 6.92 Å². The molecule has 1 saturated heterocycles. The Morgan fingerprint density at radius 3 is 3.00 bits per heavy atom. The van der Waals surface area contributed by atoms with Crippen LogP contribution in [-0.4, -0.2) is 35.4 Å². The Labute approximate surface area is 138 Å². The number of hydrogen-bond acceptors (Lipinski definition) is 3. The van der Waals surface area contributed by atoms with E-state index in [4.69, 9.17) is 0 Å². The molecule has 1 aromatic heterocycles. The maximum absolute atomic E-state index is 12.9. The zero-order valence-electron chi connectivity index (χ0n) is 12.4. The zero-order chi connectivity index (χ0) is 15.5. The summed E-state index contributed by atoms with van der Waals surface area (Å²) in [6, 6.07) is 9.73. The number of pyridine rings is 1. The molecule has 0 saturated carbocycles. The number of piperazine rings is 1. The van der Waals surface area contributed by atoms with Crippen LogP contribution in [0.3, 0.4) is 0 Å². The van der Waals surface area contributed by atoms with Crippen LogP contribution in [0.4, 0.5) is 0 Å². The highest BCUT2D eigenvalue weighted by molar-refractivity contribution is 9.10. The first-order valence-electron chi connectivity index (χ1n) is 7.34. The molecule has 0 bridgehead atoms. The minimum absolute atomic E-state index is 0.0232. The summed E-state index contributed by atoms with van der Waals surface area (Å²) in [6.45, 7) is 4.28. The lowest BCUT2D eigenvalue weighted by atomic mass is 10.0. The molecule has 1 aliphatic heterocycles. The van der Waals surface area contributed by atoms with Gasteiger partial charge in [-0.25, -0.2) is 0 Å². The average Bonchev–Trinajstić information content (AvgIpc) is 2.57. The van der Waals surface area contributed by atoms with E-state index in [1.165, 1.54) is 0 Å². The summed E-state index contributed by atoms with van der Waals surface area (Å²) in [4.78, 5) is 19.0. The van der Waals surface area contributed by atoms with Gasteiger partial charge in [-0.2, -0.15) is 0 Å². The van der Waals surface area contributed by atoms with Gasteiger partial charge in [-0.1, -0.05) is 28.1 Å². The van der Waals surface area contributed by atoms with Gasteiger partial charge in [0.15, 0.2) is 0 Å². The zero-order valence-corrected chi connectivity index (χ0v) is 14.0. The van der Waals surface area contributed by atoms with Gasteiger partial charge in [0.1, 0.15) is 0 Å². The third kappa shape index (κ3) is 3.05. The van der Waals surface area contributed by atoms with Crippen LogP contribution >= 0.6 is 15.9 Å². The highest BCUT2D eigenvalue weighted by Crippen LogP contribution is 2.25. The lowest BCUT2D eigenvalue weighted by Gasteiger charge is -2.36. The van der Waals surface area contributed by atoms with Crippen LogP contribution < -0.4 is 5.32 Å². The highest BCUT2D eigenvalue weighted by Gasteiger charge is 2.28. The molecule has 5 heteroatoms. The number of halogens is 1. The fourth-order valence-corrected chi connectivity index (χ4v) is 3.09. The molecule has 22 heavy (non-hydrogen) atoms. The minimum atomic E-state index is 0.0232. The summed E-state index contributed by atoms with van der Waals surface area (Å²) in [5, 5.41) is 3.36. The summed E-state index contributed by atoms with van der Waals surface area (Å²) in [5.41, 5.74) is 2.91. The van der Waals surface area contributed by atoms with Gasteiger partial charge in [-0.05, 0) is 36.2 Å². The van der Waals surface area contributed by atoms with Crippen LogP contribution in [0.15, 0.2) is 47.2 Å². The Bertz CT molecular complexity index is 675. The van der Waals surface area contributed by atoms with Gasteiger partial charge in [-0.15, -0.1) is 0 Å². The summed E-state index contributed by atoms with van der Waals surface area (Å²) in [5.74, 6) is 0.0658. The normalized spacial score (nSPS) is 18.3. The molecule has 1 N–H and O–H groups in total. The monoisotopic (exact) mass is 359 g/mol. The Morgan fingerprint density at radius 2 is 2.27 bits per heavy atom. The number of carbonyl (C=O) groups excluding carboxylic acids is 1. The summed E-state index contributed by atoms with van der Waals surface area (Å²) in [7, 11) is 0. The summed E-state index contributed by atoms with van der Waals surface area (Å²) >= 11 is 3.51. The molecule has 1 aromatic carbocycles. The first-order chi connectivity index (χ1) is 10.7. The van der Waals surface area contributed by atoms with Gasteiger partial charge >= 0.3 is 0 Å². The number of aryl methyl sites for hydroxylation is 1. The Morgan fingerprint density at radius 1 is 1.41 bits per heavy atom. The van der Waals surface area contributed by atoms with Gasteiger partial charge < -0.3 is 10.2 Å². The molecule has 114 valence electrons. The van der Waals surface area contributed by atoms with Crippen molar-refractivity contribution in [3.63, 3.8) is 0 Å². The quantitative estimate of drug-likeness (QED) is 0.896. The predicted molar refractivity (Wildman–Crippen MR) is 89.8 cm³/mol. The third-order valence-electron chi connectivity index (χ3n) is 3.99. The molecule has 4 nitrogen and oxygen atoms in total. The predicted octanol–water partition coefficient (Wildman–Crippen LogP) is 2.94. The van der Waals surface area contributed by atoms with Crippen molar-refractivity contribution < 1.29 is 4.79 Å². The van der Waals surface area contributed by atoms with Crippen molar-refractivity contribution in [2.45, 2.75) is 13.0 Å². The SMILES string of the molecule is Cc1ccc(C(=O)N2CCNCC2c2cccnc2)cc1Br. The van der Waals surface area contributed by atoms with E-state index >= 15 is 0 Å². The lowest BCUT2D eigenvalue weighted by molar-refractivity contribution is 0.0634. The molecule has 0 aliphatic carbocycles. The third-order valence-corrected chi connectivity index (χ3v) is 4.85. The average molecular weight is 360 g/mol. The number of nitrogens with one attached hydrogen (secondary N) is 1. The van der Waals surface area contributed by atoms with Gasteiger partial charge in [0, 0.05) is 42.1 Å². The number of hydrogen-bond donors (Lipinski definition) is 1. The molecule has 0 radical (unpaired) electrons. The molecule has 1 aliphatic rings. The summed E-state index contributed by atoms with van der Waals surface area (Å²) in [6.07, 6.45) is 3.59. The molecule has 2 heterocycles.